The third-order valence-corrected chi connectivity index (χ3v) is 4.35. The van der Waals surface area contributed by atoms with Crippen LogP contribution >= 0.6 is 23.2 Å². The summed E-state index contributed by atoms with van der Waals surface area (Å²) in [6, 6.07) is 16.4. The van der Waals surface area contributed by atoms with Crippen molar-refractivity contribution in [1.82, 2.24) is 0 Å². The van der Waals surface area contributed by atoms with E-state index in [1.165, 1.54) is 6.08 Å². The number of amides is 1. The zero-order chi connectivity index (χ0) is 17.8. The van der Waals surface area contributed by atoms with Crippen molar-refractivity contribution in [3.05, 3.63) is 82.0 Å². The van der Waals surface area contributed by atoms with E-state index in [-0.39, 0.29) is 5.91 Å². The highest BCUT2D eigenvalue weighted by atomic mass is 35.5. The van der Waals surface area contributed by atoms with E-state index in [0.717, 1.165) is 11.1 Å². The lowest BCUT2D eigenvalue weighted by Gasteiger charge is -2.03. The zero-order valence-corrected chi connectivity index (χ0v) is 14.9. The van der Waals surface area contributed by atoms with Crippen LogP contribution < -0.4 is 5.32 Å². The Hall–Kier alpha value is -2.49. The van der Waals surface area contributed by atoms with Gasteiger partial charge in [-0.2, -0.15) is 0 Å². The van der Waals surface area contributed by atoms with Crippen molar-refractivity contribution >= 4 is 40.9 Å². The maximum atomic E-state index is 12.0. The highest BCUT2D eigenvalue weighted by Crippen LogP contribution is 2.27. The van der Waals surface area contributed by atoms with Crippen molar-refractivity contribution in [1.29, 1.82) is 0 Å². The van der Waals surface area contributed by atoms with E-state index >= 15 is 0 Å². The molecule has 0 unspecified atom stereocenters. The van der Waals surface area contributed by atoms with Gasteiger partial charge in [0, 0.05) is 16.7 Å². The van der Waals surface area contributed by atoms with E-state index < -0.39 is 0 Å². The SMILES string of the molecule is Cc1ccc(-c2ccc(/C=C/C(=O)Nc3ccccc3Cl)o2)cc1Cl. The number of aryl methyl sites for hydroxylation is 1. The number of carbonyl (C=O) groups is 1. The first kappa shape index (κ1) is 17.3. The van der Waals surface area contributed by atoms with Gasteiger partial charge >= 0.3 is 0 Å². The molecule has 0 aliphatic carbocycles. The Labute approximate surface area is 155 Å². The van der Waals surface area contributed by atoms with Gasteiger partial charge in [0.25, 0.3) is 0 Å². The van der Waals surface area contributed by atoms with Crippen LogP contribution in [0.1, 0.15) is 11.3 Å². The van der Waals surface area contributed by atoms with Crippen molar-refractivity contribution in [2.45, 2.75) is 6.92 Å². The Bertz CT molecular complexity index is 944. The molecular weight excluding hydrogens is 357 g/mol. The number of halogens is 2. The normalized spacial score (nSPS) is 11.0. The average Bonchev–Trinajstić information content (AvgIpc) is 3.07. The van der Waals surface area contributed by atoms with Gasteiger partial charge < -0.3 is 9.73 Å². The fourth-order valence-electron chi connectivity index (χ4n) is 2.24. The predicted molar refractivity (Wildman–Crippen MR) is 103 cm³/mol. The summed E-state index contributed by atoms with van der Waals surface area (Å²) in [5.74, 6) is 0.971. The van der Waals surface area contributed by atoms with E-state index in [1.54, 1.807) is 36.4 Å². The molecule has 25 heavy (non-hydrogen) atoms. The maximum absolute atomic E-state index is 12.0. The van der Waals surface area contributed by atoms with Gasteiger partial charge in [0.1, 0.15) is 11.5 Å². The number of hydrogen-bond donors (Lipinski definition) is 1. The third-order valence-electron chi connectivity index (χ3n) is 3.61. The number of hydrogen-bond acceptors (Lipinski definition) is 2. The highest BCUT2D eigenvalue weighted by molar-refractivity contribution is 6.33. The van der Waals surface area contributed by atoms with Crippen LogP contribution in [0.25, 0.3) is 17.4 Å². The predicted octanol–water partition coefficient (Wildman–Crippen LogP) is 6.21. The van der Waals surface area contributed by atoms with Crippen LogP contribution in [0.5, 0.6) is 0 Å². The van der Waals surface area contributed by atoms with Crippen molar-refractivity contribution in [3.8, 4) is 11.3 Å². The van der Waals surface area contributed by atoms with Crippen molar-refractivity contribution in [2.75, 3.05) is 5.32 Å². The summed E-state index contributed by atoms with van der Waals surface area (Å²) in [6.07, 6.45) is 3.00. The molecule has 3 rings (SSSR count). The fourth-order valence-corrected chi connectivity index (χ4v) is 2.60. The van der Waals surface area contributed by atoms with Gasteiger partial charge in [0.05, 0.1) is 10.7 Å². The molecule has 0 spiro atoms. The van der Waals surface area contributed by atoms with Crippen LogP contribution in [-0.4, -0.2) is 5.91 Å². The van der Waals surface area contributed by atoms with E-state index in [0.29, 0.717) is 27.3 Å². The molecule has 0 saturated heterocycles. The van der Waals surface area contributed by atoms with Crippen LogP contribution in [0.4, 0.5) is 5.69 Å². The molecule has 5 heteroatoms. The lowest BCUT2D eigenvalue weighted by molar-refractivity contribution is -0.111. The minimum atomic E-state index is -0.288. The minimum Gasteiger partial charge on any atom is -0.457 e. The maximum Gasteiger partial charge on any atom is 0.248 e. The van der Waals surface area contributed by atoms with Gasteiger partial charge in [0.15, 0.2) is 0 Å². The van der Waals surface area contributed by atoms with Crippen LogP contribution in [-0.2, 0) is 4.79 Å². The molecule has 1 amide bonds. The third kappa shape index (κ3) is 4.32. The Kier molecular flexibility index (Phi) is 5.27. The van der Waals surface area contributed by atoms with Crippen LogP contribution in [0, 0.1) is 6.92 Å². The monoisotopic (exact) mass is 371 g/mol. The van der Waals surface area contributed by atoms with Gasteiger partial charge in [-0.3, -0.25) is 4.79 Å². The second-order valence-corrected chi connectivity index (χ2v) is 6.28. The number of benzene rings is 2. The molecule has 1 heterocycles. The van der Waals surface area contributed by atoms with E-state index in [9.17, 15) is 4.79 Å². The molecule has 3 nitrogen and oxygen atoms in total. The molecule has 0 saturated carbocycles. The van der Waals surface area contributed by atoms with Gasteiger partial charge in [-0.15, -0.1) is 0 Å². The van der Waals surface area contributed by atoms with Gasteiger partial charge in [-0.05, 0) is 48.9 Å². The zero-order valence-electron chi connectivity index (χ0n) is 13.4. The summed E-state index contributed by atoms with van der Waals surface area (Å²) in [4.78, 5) is 12.0. The van der Waals surface area contributed by atoms with Crippen molar-refractivity contribution in [2.24, 2.45) is 0 Å². The first-order valence-corrected chi connectivity index (χ1v) is 8.38. The summed E-state index contributed by atoms with van der Waals surface area (Å²) in [5.41, 5.74) is 2.46. The smallest absolute Gasteiger partial charge is 0.248 e. The summed E-state index contributed by atoms with van der Waals surface area (Å²) < 4.78 is 5.74. The Morgan fingerprint density at radius 3 is 2.60 bits per heavy atom. The van der Waals surface area contributed by atoms with E-state index in [4.69, 9.17) is 27.6 Å². The summed E-state index contributed by atoms with van der Waals surface area (Å²) >= 11 is 12.2. The van der Waals surface area contributed by atoms with Crippen LogP contribution in [0.15, 0.2) is 65.1 Å². The second kappa shape index (κ2) is 7.60. The number of para-hydroxylation sites is 1. The minimum absolute atomic E-state index is 0.288. The van der Waals surface area contributed by atoms with Gasteiger partial charge in [-0.25, -0.2) is 0 Å². The standard InChI is InChI=1S/C20H15Cl2NO2/c1-13-6-7-14(12-17(13)22)19-10-8-15(25-19)9-11-20(24)23-18-5-3-2-4-16(18)21/h2-12H,1H3,(H,23,24)/b11-9+. The average molecular weight is 372 g/mol. The topological polar surface area (TPSA) is 42.2 Å². The number of rotatable bonds is 4. The van der Waals surface area contributed by atoms with E-state index in [1.807, 2.05) is 31.2 Å². The molecule has 126 valence electrons. The van der Waals surface area contributed by atoms with Crippen molar-refractivity contribution in [3.63, 3.8) is 0 Å². The molecule has 0 atom stereocenters. The lowest BCUT2D eigenvalue weighted by Crippen LogP contribution is -2.07. The van der Waals surface area contributed by atoms with Gasteiger partial charge in [0.2, 0.25) is 5.91 Å². The molecule has 0 bridgehead atoms. The summed E-state index contributed by atoms with van der Waals surface area (Å²) in [5, 5.41) is 3.89. The number of carbonyl (C=O) groups excluding carboxylic acids is 1. The fraction of sp³-hybridized carbons (Fsp3) is 0.0500. The Morgan fingerprint density at radius 1 is 1.04 bits per heavy atom. The van der Waals surface area contributed by atoms with E-state index in [2.05, 4.69) is 5.32 Å². The molecule has 3 aromatic rings. The quantitative estimate of drug-likeness (QED) is 0.553. The Balaban J connectivity index is 1.70. The number of furan rings is 1. The first-order chi connectivity index (χ1) is 12.0. The molecule has 0 radical (unpaired) electrons. The molecular formula is C20H15Cl2NO2. The molecule has 0 aliphatic rings. The second-order valence-electron chi connectivity index (χ2n) is 5.47. The number of anilines is 1. The highest BCUT2D eigenvalue weighted by Gasteiger charge is 2.06. The van der Waals surface area contributed by atoms with Crippen LogP contribution in [0.2, 0.25) is 10.0 Å². The summed E-state index contributed by atoms with van der Waals surface area (Å²) in [7, 11) is 0. The van der Waals surface area contributed by atoms with Crippen LogP contribution in [0.3, 0.4) is 0 Å². The largest absolute Gasteiger partial charge is 0.457 e. The van der Waals surface area contributed by atoms with Crippen molar-refractivity contribution < 1.29 is 9.21 Å². The van der Waals surface area contributed by atoms with Gasteiger partial charge in [-0.1, -0.05) is 47.5 Å². The first-order valence-electron chi connectivity index (χ1n) is 7.63. The molecule has 1 N–H and O–H groups in total. The molecule has 0 fully saturated rings. The molecule has 1 aromatic heterocycles. The molecule has 0 aliphatic heterocycles. The Morgan fingerprint density at radius 2 is 1.84 bits per heavy atom. The lowest BCUT2D eigenvalue weighted by atomic mass is 10.1. The number of nitrogens with one attached hydrogen (secondary N) is 1. The summed E-state index contributed by atoms with van der Waals surface area (Å²) in [6.45, 7) is 1.94. The molecule has 2 aromatic carbocycles.